The van der Waals surface area contributed by atoms with Gasteiger partial charge in [0.25, 0.3) is 0 Å². The lowest BCUT2D eigenvalue weighted by Gasteiger charge is -2.30. The molecule has 1 N–H and O–H groups in total. The van der Waals surface area contributed by atoms with Gasteiger partial charge in [-0.05, 0) is 35.7 Å². The largest absolute Gasteiger partial charge is 0.492 e. The maximum absolute atomic E-state index is 11.2. The second-order valence-corrected chi connectivity index (χ2v) is 7.82. The highest BCUT2D eigenvalue weighted by molar-refractivity contribution is 9.10. The SMILES string of the molecule is COc1c2c(cc3c1[C@@H](C#CCOc1ccc(Br)cc1C=O)[NH+](C)CC3)OCO2. The highest BCUT2D eigenvalue weighted by Gasteiger charge is 2.35. The number of carbonyl (C=O) groups excluding carboxylic acids is 1. The Morgan fingerprint density at radius 1 is 1.34 bits per heavy atom. The van der Waals surface area contributed by atoms with Crippen molar-refractivity contribution in [3.05, 3.63) is 45.4 Å². The number of halogens is 1. The van der Waals surface area contributed by atoms with Crippen LogP contribution in [0.1, 0.15) is 27.5 Å². The summed E-state index contributed by atoms with van der Waals surface area (Å²) in [6.07, 6.45) is 1.70. The topological polar surface area (TPSA) is 58.4 Å². The zero-order valence-electron chi connectivity index (χ0n) is 16.2. The monoisotopic (exact) mass is 458 g/mol. The predicted molar refractivity (Wildman–Crippen MR) is 110 cm³/mol. The molecule has 2 aromatic rings. The summed E-state index contributed by atoms with van der Waals surface area (Å²) in [6.45, 7) is 1.35. The van der Waals surface area contributed by atoms with E-state index < -0.39 is 0 Å². The molecule has 6 nitrogen and oxygen atoms in total. The van der Waals surface area contributed by atoms with Crippen LogP contribution < -0.4 is 23.8 Å². The van der Waals surface area contributed by atoms with E-state index in [0.29, 0.717) is 22.8 Å². The summed E-state index contributed by atoms with van der Waals surface area (Å²) >= 11 is 3.35. The molecule has 29 heavy (non-hydrogen) atoms. The van der Waals surface area contributed by atoms with Gasteiger partial charge in [-0.25, -0.2) is 0 Å². The second kappa shape index (κ2) is 8.36. The molecule has 2 aliphatic rings. The first-order valence-electron chi connectivity index (χ1n) is 9.30. The molecule has 2 heterocycles. The summed E-state index contributed by atoms with van der Waals surface area (Å²) in [5.41, 5.74) is 2.71. The molecule has 0 saturated heterocycles. The number of methoxy groups -OCH3 is 1. The van der Waals surface area contributed by atoms with Crippen LogP contribution in [0.15, 0.2) is 28.7 Å². The van der Waals surface area contributed by atoms with E-state index in [4.69, 9.17) is 18.9 Å². The standard InChI is InChI=1S/C22H20BrNO5/c1-24-8-7-14-11-19-21(29-13-28-19)22(26-2)20(14)17(24)4-3-9-27-18-6-5-16(23)10-15(18)12-25/h5-6,10-12,17H,7-9,13H2,1-2H3/p+1/t17-/m1/s1. The molecule has 0 fully saturated rings. The van der Waals surface area contributed by atoms with E-state index in [1.807, 2.05) is 12.1 Å². The molecular formula is C22H21BrNO5+. The van der Waals surface area contributed by atoms with E-state index in [0.717, 1.165) is 35.0 Å². The Morgan fingerprint density at radius 2 is 2.21 bits per heavy atom. The molecule has 0 aliphatic carbocycles. The van der Waals surface area contributed by atoms with Crippen LogP contribution in [0.4, 0.5) is 0 Å². The maximum atomic E-state index is 11.2. The van der Waals surface area contributed by atoms with Gasteiger partial charge in [0.1, 0.15) is 12.4 Å². The van der Waals surface area contributed by atoms with Gasteiger partial charge in [0.2, 0.25) is 12.5 Å². The molecule has 0 radical (unpaired) electrons. The molecule has 7 heteroatoms. The number of aldehydes is 1. The van der Waals surface area contributed by atoms with E-state index in [1.165, 1.54) is 10.5 Å². The molecule has 0 amide bonds. The lowest BCUT2D eigenvalue weighted by Crippen LogP contribution is -3.10. The van der Waals surface area contributed by atoms with Crippen LogP contribution in [0.5, 0.6) is 23.0 Å². The van der Waals surface area contributed by atoms with Crippen molar-refractivity contribution in [2.45, 2.75) is 12.5 Å². The molecule has 2 atom stereocenters. The minimum atomic E-state index is -0.0674. The van der Waals surface area contributed by atoms with Crippen LogP contribution in [-0.4, -0.2) is 40.4 Å². The number of likely N-dealkylation sites (N-methyl/N-ethyl adjacent to an activating group) is 1. The third kappa shape index (κ3) is 3.78. The average Bonchev–Trinajstić information content (AvgIpc) is 3.19. The van der Waals surface area contributed by atoms with E-state index in [9.17, 15) is 4.79 Å². The zero-order valence-corrected chi connectivity index (χ0v) is 17.8. The summed E-state index contributed by atoms with van der Waals surface area (Å²) < 4.78 is 23.4. The van der Waals surface area contributed by atoms with Crippen LogP contribution in [0.25, 0.3) is 0 Å². The van der Waals surface area contributed by atoms with Crippen molar-refractivity contribution in [1.29, 1.82) is 0 Å². The predicted octanol–water partition coefficient (Wildman–Crippen LogP) is 2.19. The number of carbonyl (C=O) groups is 1. The van der Waals surface area contributed by atoms with E-state index in [2.05, 4.69) is 34.8 Å². The van der Waals surface area contributed by atoms with E-state index in [-0.39, 0.29) is 19.4 Å². The Balaban J connectivity index is 1.59. The summed E-state index contributed by atoms with van der Waals surface area (Å²) in [5.74, 6) is 9.03. The van der Waals surface area contributed by atoms with Gasteiger partial charge in [0.15, 0.2) is 23.8 Å². The van der Waals surface area contributed by atoms with Crippen molar-refractivity contribution in [2.24, 2.45) is 0 Å². The molecule has 1 unspecified atom stereocenters. The van der Waals surface area contributed by atoms with Gasteiger partial charge in [-0.1, -0.05) is 21.9 Å². The second-order valence-electron chi connectivity index (χ2n) is 6.91. The number of ether oxygens (including phenoxy) is 4. The molecule has 0 spiro atoms. The van der Waals surface area contributed by atoms with Gasteiger partial charge in [0.05, 0.1) is 31.8 Å². The molecule has 0 aromatic heterocycles. The Hall–Kier alpha value is -2.69. The van der Waals surface area contributed by atoms with Crippen molar-refractivity contribution in [3.8, 4) is 34.8 Å². The van der Waals surface area contributed by atoms with Gasteiger partial charge in [-0.2, -0.15) is 0 Å². The van der Waals surface area contributed by atoms with Crippen molar-refractivity contribution >= 4 is 22.2 Å². The van der Waals surface area contributed by atoms with Gasteiger partial charge >= 0.3 is 0 Å². The Labute approximate surface area is 177 Å². The zero-order chi connectivity index (χ0) is 20.4. The van der Waals surface area contributed by atoms with Gasteiger partial charge in [-0.3, -0.25) is 4.79 Å². The number of fused-ring (bicyclic) bond motifs is 2. The third-order valence-corrected chi connectivity index (χ3v) is 5.66. The summed E-state index contributed by atoms with van der Waals surface area (Å²) in [4.78, 5) is 12.5. The molecule has 2 aliphatic heterocycles. The molecule has 2 aromatic carbocycles. The number of nitrogens with one attached hydrogen (secondary N) is 1. The van der Waals surface area contributed by atoms with Crippen LogP contribution in [0.3, 0.4) is 0 Å². The minimum Gasteiger partial charge on any atom is -0.492 e. The Morgan fingerprint density at radius 3 is 3.00 bits per heavy atom. The fourth-order valence-electron chi connectivity index (χ4n) is 3.72. The number of rotatable bonds is 4. The van der Waals surface area contributed by atoms with Crippen LogP contribution >= 0.6 is 15.9 Å². The van der Waals surface area contributed by atoms with E-state index in [1.54, 1.807) is 19.2 Å². The molecule has 0 saturated carbocycles. The van der Waals surface area contributed by atoms with Crippen LogP contribution in [-0.2, 0) is 6.42 Å². The van der Waals surface area contributed by atoms with E-state index >= 15 is 0 Å². The highest BCUT2D eigenvalue weighted by Crippen LogP contribution is 2.47. The number of hydrogen-bond donors (Lipinski definition) is 1. The van der Waals surface area contributed by atoms with Gasteiger partial charge in [0, 0.05) is 10.9 Å². The van der Waals surface area contributed by atoms with Crippen molar-refractivity contribution in [1.82, 2.24) is 0 Å². The van der Waals surface area contributed by atoms with Crippen LogP contribution in [0.2, 0.25) is 0 Å². The van der Waals surface area contributed by atoms with Crippen molar-refractivity contribution in [3.63, 3.8) is 0 Å². The quantitative estimate of drug-likeness (QED) is 0.562. The molecular weight excluding hydrogens is 438 g/mol. The fourth-order valence-corrected chi connectivity index (χ4v) is 4.10. The number of benzene rings is 2. The summed E-state index contributed by atoms with van der Waals surface area (Å²) in [7, 11) is 3.76. The first kappa shape index (κ1) is 19.6. The first-order chi connectivity index (χ1) is 14.1. The molecule has 150 valence electrons. The van der Waals surface area contributed by atoms with Gasteiger partial charge in [-0.15, -0.1) is 0 Å². The highest BCUT2D eigenvalue weighted by atomic mass is 79.9. The third-order valence-electron chi connectivity index (χ3n) is 5.16. The number of hydrogen-bond acceptors (Lipinski definition) is 5. The smallest absolute Gasteiger partial charge is 0.231 e. The average molecular weight is 459 g/mol. The van der Waals surface area contributed by atoms with Crippen molar-refractivity contribution < 1.29 is 28.6 Å². The first-order valence-corrected chi connectivity index (χ1v) is 10.1. The Bertz CT molecular complexity index is 1010. The fraction of sp³-hybridized carbons (Fsp3) is 0.318. The summed E-state index contributed by atoms with van der Waals surface area (Å²) in [5, 5.41) is 0. The lowest BCUT2D eigenvalue weighted by atomic mass is 9.91. The normalized spacial score (nSPS) is 19.0. The van der Waals surface area contributed by atoms with Crippen LogP contribution in [0, 0.1) is 11.8 Å². The maximum Gasteiger partial charge on any atom is 0.231 e. The van der Waals surface area contributed by atoms with Crippen molar-refractivity contribution in [2.75, 3.05) is 34.1 Å². The minimum absolute atomic E-state index is 0.0674. The van der Waals surface area contributed by atoms with Gasteiger partial charge < -0.3 is 23.8 Å². The molecule has 4 rings (SSSR count). The lowest BCUT2D eigenvalue weighted by molar-refractivity contribution is -0.905. The summed E-state index contributed by atoms with van der Waals surface area (Å²) in [6, 6.07) is 7.28. The Kier molecular flexibility index (Phi) is 5.65. The molecule has 0 bridgehead atoms. The number of quaternary nitrogens is 1.